The number of hydrogen-bond acceptors (Lipinski definition) is 2. The first-order chi connectivity index (χ1) is 8.45. The summed E-state index contributed by atoms with van der Waals surface area (Å²) in [5.41, 5.74) is 2.77. The molecular weight excluding hydrogens is 270 g/mol. The molecule has 0 spiro atoms. The third-order valence-electron chi connectivity index (χ3n) is 3.11. The molecule has 0 bridgehead atoms. The van der Waals surface area contributed by atoms with Crippen LogP contribution in [0, 0.1) is 0 Å². The van der Waals surface area contributed by atoms with Gasteiger partial charge >= 0.3 is 0 Å². The van der Waals surface area contributed by atoms with Crippen molar-refractivity contribution in [1.82, 2.24) is 4.72 Å². The summed E-state index contributed by atoms with van der Waals surface area (Å²) in [6.07, 6.45) is 1.24. The zero-order chi connectivity index (χ0) is 13.3. The van der Waals surface area contributed by atoms with Crippen molar-refractivity contribution in [2.75, 3.05) is 6.54 Å². The van der Waals surface area contributed by atoms with Gasteiger partial charge in [-0.2, -0.15) is 0 Å². The second-order valence-corrected chi connectivity index (χ2v) is 6.65. The van der Waals surface area contributed by atoms with Gasteiger partial charge in [0.05, 0.1) is 4.91 Å². The highest BCUT2D eigenvalue weighted by molar-refractivity contribution is 7.93. The van der Waals surface area contributed by atoms with E-state index >= 15 is 0 Å². The molecule has 1 N–H and O–H groups in total. The Kier molecular flexibility index (Phi) is 3.80. The predicted octanol–water partition coefficient (Wildman–Crippen LogP) is 2.96. The van der Waals surface area contributed by atoms with Gasteiger partial charge in [0, 0.05) is 18.0 Å². The van der Waals surface area contributed by atoms with Gasteiger partial charge in [-0.25, -0.2) is 13.1 Å². The standard InChI is InChI=1S/C13H16ClNO2S/c1-3-6-15-18(16,17)13-7-10-4-5-11(14)8-12(10)9(13)2/h4-5,8,15H,3,6-7H2,1-2H3. The van der Waals surface area contributed by atoms with Crippen molar-refractivity contribution >= 4 is 27.2 Å². The molecule has 1 aliphatic rings. The number of fused-ring (bicyclic) bond motifs is 1. The molecule has 0 saturated carbocycles. The number of benzene rings is 1. The largest absolute Gasteiger partial charge is 0.237 e. The third kappa shape index (κ3) is 2.46. The molecule has 1 aliphatic carbocycles. The average molecular weight is 286 g/mol. The Labute approximate surface area is 113 Å². The zero-order valence-corrected chi connectivity index (χ0v) is 12.0. The van der Waals surface area contributed by atoms with Crippen LogP contribution < -0.4 is 4.72 Å². The molecule has 0 heterocycles. The van der Waals surface area contributed by atoms with Crippen molar-refractivity contribution < 1.29 is 8.42 Å². The summed E-state index contributed by atoms with van der Waals surface area (Å²) >= 11 is 5.95. The van der Waals surface area contributed by atoms with Crippen LogP contribution in [0.15, 0.2) is 23.1 Å². The molecule has 3 nitrogen and oxygen atoms in total. The minimum Gasteiger partial charge on any atom is -0.211 e. The Hall–Kier alpha value is -0.840. The van der Waals surface area contributed by atoms with Gasteiger partial charge in [0.1, 0.15) is 0 Å². The molecule has 0 saturated heterocycles. The van der Waals surface area contributed by atoms with Crippen LogP contribution in [0.5, 0.6) is 0 Å². The molecule has 18 heavy (non-hydrogen) atoms. The van der Waals surface area contributed by atoms with E-state index in [-0.39, 0.29) is 0 Å². The lowest BCUT2D eigenvalue weighted by Gasteiger charge is -2.07. The van der Waals surface area contributed by atoms with E-state index in [4.69, 9.17) is 11.6 Å². The molecule has 2 rings (SSSR count). The molecule has 0 aliphatic heterocycles. The average Bonchev–Trinajstić information content (AvgIpc) is 2.65. The fraction of sp³-hybridized carbons (Fsp3) is 0.385. The van der Waals surface area contributed by atoms with Gasteiger partial charge in [-0.15, -0.1) is 0 Å². The number of rotatable bonds is 4. The van der Waals surface area contributed by atoms with Crippen molar-refractivity contribution in [3.63, 3.8) is 0 Å². The second kappa shape index (κ2) is 5.03. The van der Waals surface area contributed by atoms with E-state index in [1.54, 1.807) is 6.07 Å². The van der Waals surface area contributed by atoms with E-state index < -0.39 is 10.0 Å². The fourth-order valence-corrected chi connectivity index (χ4v) is 3.81. The number of allylic oxidation sites excluding steroid dienone is 2. The zero-order valence-electron chi connectivity index (χ0n) is 10.5. The van der Waals surface area contributed by atoms with Crippen LogP contribution in [0.3, 0.4) is 0 Å². The molecule has 0 radical (unpaired) electrons. The first kappa shape index (κ1) is 13.6. The lowest BCUT2D eigenvalue weighted by atomic mass is 10.1. The maximum Gasteiger partial charge on any atom is 0.237 e. The second-order valence-electron chi connectivity index (χ2n) is 4.42. The van der Waals surface area contributed by atoms with Crippen LogP contribution in [-0.4, -0.2) is 15.0 Å². The van der Waals surface area contributed by atoms with Crippen molar-refractivity contribution in [3.05, 3.63) is 39.3 Å². The van der Waals surface area contributed by atoms with E-state index in [0.29, 0.717) is 22.9 Å². The quantitative estimate of drug-likeness (QED) is 0.924. The van der Waals surface area contributed by atoms with Gasteiger partial charge in [-0.05, 0) is 42.2 Å². The van der Waals surface area contributed by atoms with Crippen LogP contribution in [0.25, 0.3) is 5.57 Å². The summed E-state index contributed by atoms with van der Waals surface area (Å²) in [4.78, 5) is 0.466. The van der Waals surface area contributed by atoms with E-state index in [0.717, 1.165) is 23.1 Å². The molecule has 0 fully saturated rings. The molecule has 0 atom stereocenters. The first-order valence-electron chi connectivity index (χ1n) is 5.94. The van der Waals surface area contributed by atoms with Crippen LogP contribution >= 0.6 is 11.6 Å². The van der Waals surface area contributed by atoms with E-state index in [9.17, 15) is 8.42 Å². The van der Waals surface area contributed by atoms with E-state index in [1.165, 1.54) is 0 Å². The number of hydrogen-bond donors (Lipinski definition) is 1. The predicted molar refractivity (Wildman–Crippen MR) is 75.0 cm³/mol. The van der Waals surface area contributed by atoms with Crippen molar-refractivity contribution in [3.8, 4) is 0 Å². The van der Waals surface area contributed by atoms with Crippen molar-refractivity contribution in [2.45, 2.75) is 26.7 Å². The van der Waals surface area contributed by atoms with Crippen LogP contribution in [-0.2, 0) is 16.4 Å². The molecule has 0 aromatic heterocycles. The highest BCUT2D eigenvalue weighted by atomic mass is 35.5. The van der Waals surface area contributed by atoms with Crippen LogP contribution in [0.1, 0.15) is 31.4 Å². The maximum atomic E-state index is 12.2. The van der Waals surface area contributed by atoms with Gasteiger partial charge < -0.3 is 0 Å². The Morgan fingerprint density at radius 1 is 1.39 bits per heavy atom. The van der Waals surface area contributed by atoms with Crippen molar-refractivity contribution in [2.24, 2.45) is 0 Å². The van der Waals surface area contributed by atoms with E-state index in [1.807, 2.05) is 26.0 Å². The Bertz CT molecular complexity index is 605. The van der Waals surface area contributed by atoms with Gasteiger partial charge in [-0.1, -0.05) is 24.6 Å². The summed E-state index contributed by atoms with van der Waals surface area (Å²) < 4.78 is 26.9. The minimum atomic E-state index is -3.37. The van der Waals surface area contributed by atoms with Crippen LogP contribution in [0.2, 0.25) is 5.02 Å². The van der Waals surface area contributed by atoms with Crippen LogP contribution in [0.4, 0.5) is 0 Å². The topological polar surface area (TPSA) is 46.2 Å². The summed E-state index contributed by atoms with van der Waals surface area (Å²) in [6, 6.07) is 5.51. The smallest absolute Gasteiger partial charge is 0.211 e. The van der Waals surface area contributed by atoms with Gasteiger partial charge in [0.25, 0.3) is 0 Å². The molecule has 0 amide bonds. The maximum absolute atomic E-state index is 12.2. The van der Waals surface area contributed by atoms with E-state index in [2.05, 4.69) is 4.72 Å². The molecule has 1 aromatic rings. The molecular formula is C13H16ClNO2S. The highest BCUT2D eigenvalue weighted by Crippen LogP contribution is 2.36. The monoisotopic (exact) mass is 285 g/mol. The van der Waals surface area contributed by atoms with Gasteiger partial charge in [0.2, 0.25) is 10.0 Å². The van der Waals surface area contributed by atoms with Gasteiger partial charge in [0.15, 0.2) is 0 Å². The lowest BCUT2D eigenvalue weighted by molar-refractivity contribution is 0.586. The SMILES string of the molecule is CCCNS(=O)(=O)C1=C(C)c2cc(Cl)ccc2C1. The summed E-state index contributed by atoms with van der Waals surface area (Å²) in [5.74, 6) is 0. The first-order valence-corrected chi connectivity index (χ1v) is 7.80. The Morgan fingerprint density at radius 2 is 2.11 bits per heavy atom. The third-order valence-corrected chi connectivity index (χ3v) is 5.03. The normalized spacial score (nSPS) is 15.1. The Morgan fingerprint density at radius 3 is 2.78 bits per heavy atom. The summed E-state index contributed by atoms with van der Waals surface area (Å²) in [6.45, 7) is 4.24. The lowest BCUT2D eigenvalue weighted by Crippen LogP contribution is -2.26. The summed E-state index contributed by atoms with van der Waals surface area (Å²) in [5, 5.41) is 0.633. The fourth-order valence-electron chi connectivity index (χ4n) is 2.13. The number of halogens is 1. The van der Waals surface area contributed by atoms with Crippen molar-refractivity contribution in [1.29, 1.82) is 0 Å². The molecule has 5 heteroatoms. The Balaban J connectivity index is 2.39. The number of nitrogens with one attached hydrogen (secondary N) is 1. The number of sulfonamides is 1. The molecule has 98 valence electrons. The summed E-state index contributed by atoms with van der Waals surface area (Å²) in [7, 11) is -3.37. The molecule has 0 unspecified atom stereocenters. The van der Waals surface area contributed by atoms with Gasteiger partial charge in [-0.3, -0.25) is 0 Å². The minimum absolute atomic E-state index is 0.456. The highest BCUT2D eigenvalue weighted by Gasteiger charge is 2.27. The molecule has 1 aromatic carbocycles.